The van der Waals surface area contributed by atoms with Gasteiger partial charge in [-0.25, -0.2) is 9.59 Å². The summed E-state index contributed by atoms with van der Waals surface area (Å²) < 4.78 is 16.1. The van der Waals surface area contributed by atoms with E-state index >= 15 is 0 Å². The van der Waals surface area contributed by atoms with Crippen LogP contribution in [0.5, 0.6) is 5.75 Å². The van der Waals surface area contributed by atoms with Crippen LogP contribution in [0.1, 0.15) is 44.7 Å². The van der Waals surface area contributed by atoms with Crippen molar-refractivity contribution < 1.29 is 38.5 Å². The third kappa shape index (κ3) is 8.82. The number of alkyl carbamates (subject to hydrolysis) is 1. The third-order valence-electron chi connectivity index (χ3n) is 5.38. The topological polar surface area (TPSA) is 140 Å². The number of ether oxygens (including phenoxy) is 3. The van der Waals surface area contributed by atoms with Crippen LogP contribution in [0.2, 0.25) is 0 Å². The van der Waals surface area contributed by atoms with Gasteiger partial charge in [0, 0.05) is 19.3 Å². The first-order valence-corrected chi connectivity index (χ1v) is 12.0. The molecular formula is C27H32N2O8. The van der Waals surface area contributed by atoms with Crippen LogP contribution in [0.3, 0.4) is 0 Å². The smallest absolute Gasteiger partial charge is 0.407 e. The van der Waals surface area contributed by atoms with Gasteiger partial charge in [0.15, 0.2) is 6.10 Å². The molecule has 0 saturated carbocycles. The van der Waals surface area contributed by atoms with Gasteiger partial charge in [-0.05, 0) is 28.7 Å². The van der Waals surface area contributed by atoms with E-state index in [4.69, 9.17) is 14.2 Å². The van der Waals surface area contributed by atoms with Crippen LogP contribution in [0.15, 0.2) is 48.5 Å². The van der Waals surface area contributed by atoms with E-state index in [2.05, 4.69) is 10.6 Å². The second kappa shape index (κ2) is 12.2. The molecule has 0 saturated heterocycles. The Labute approximate surface area is 215 Å². The SMILES string of the molecule is CC(C)(C)COC(=O)N[C@@H](Cc1ccc2c(c1)NC(=O)C(CCC(=O)OCc1ccccc1)O2)C(=O)O. The lowest BCUT2D eigenvalue weighted by Gasteiger charge is -2.26. The summed E-state index contributed by atoms with van der Waals surface area (Å²) in [6.45, 7) is 5.96. The Morgan fingerprint density at radius 2 is 1.81 bits per heavy atom. The molecule has 37 heavy (non-hydrogen) atoms. The zero-order valence-electron chi connectivity index (χ0n) is 21.1. The lowest BCUT2D eigenvalue weighted by atomic mass is 9.99. The molecule has 0 aromatic heterocycles. The summed E-state index contributed by atoms with van der Waals surface area (Å²) in [7, 11) is 0. The second-order valence-electron chi connectivity index (χ2n) is 9.99. The average Bonchev–Trinajstić information content (AvgIpc) is 2.84. The second-order valence-corrected chi connectivity index (χ2v) is 9.99. The normalized spacial score (nSPS) is 15.4. The highest BCUT2D eigenvalue weighted by molar-refractivity contribution is 5.98. The number of hydrogen-bond acceptors (Lipinski definition) is 7. The summed E-state index contributed by atoms with van der Waals surface area (Å²) in [6.07, 6.45) is -1.56. The number of rotatable bonds is 10. The minimum atomic E-state index is -1.22. The van der Waals surface area contributed by atoms with E-state index in [1.807, 2.05) is 51.1 Å². The van der Waals surface area contributed by atoms with Gasteiger partial charge >= 0.3 is 18.0 Å². The quantitative estimate of drug-likeness (QED) is 0.410. The largest absolute Gasteiger partial charge is 0.480 e. The molecule has 2 aromatic rings. The summed E-state index contributed by atoms with van der Waals surface area (Å²) in [4.78, 5) is 48.3. The van der Waals surface area contributed by atoms with Crippen molar-refractivity contribution in [2.24, 2.45) is 5.41 Å². The number of carbonyl (C=O) groups excluding carboxylic acids is 3. The molecule has 0 aliphatic carbocycles. The van der Waals surface area contributed by atoms with Crippen LogP contribution in [0.25, 0.3) is 0 Å². The molecule has 3 N–H and O–H groups in total. The van der Waals surface area contributed by atoms with Crippen molar-refractivity contribution in [3.8, 4) is 5.75 Å². The molecule has 1 aliphatic heterocycles. The first-order valence-electron chi connectivity index (χ1n) is 12.0. The Balaban J connectivity index is 1.53. The number of esters is 1. The number of carboxylic acid groups (broad SMARTS) is 1. The summed E-state index contributed by atoms with van der Waals surface area (Å²) in [5, 5.41) is 14.6. The fourth-order valence-corrected chi connectivity index (χ4v) is 3.48. The molecule has 2 amide bonds. The van der Waals surface area contributed by atoms with E-state index in [9.17, 15) is 24.3 Å². The van der Waals surface area contributed by atoms with Crippen molar-refractivity contribution in [2.75, 3.05) is 11.9 Å². The number of fused-ring (bicyclic) bond motifs is 1. The fourth-order valence-electron chi connectivity index (χ4n) is 3.48. The van der Waals surface area contributed by atoms with Crippen LogP contribution in [0.4, 0.5) is 10.5 Å². The van der Waals surface area contributed by atoms with Crippen LogP contribution in [-0.4, -0.2) is 47.8 Å². The minimum Gasteiger partial charge on any atom is -0.480 e. The molecule has 3 rings (SSSR count). The minimum absolute atomic E-state index is 0.00954. The zero-order valence-corrected chi connectivity index (χ0v) is 21.1. The molecule has 10 heteroatoms. The highest BCUT2D eigenvalue weighted by atomic mass is 16.6. The van der Waals surface area contributed by atoms with Gasteiger partial charge < -0.3 is 30.0 Å². The van der Waals surface area contributed by atoms with Crippen molar-refractivity contribution in [3.63, 3.8) is 0 Å². The lowest BCUT2D eigenvalue weighted by molar-refractivity contribution is -0.145. The number of amides is 2. The maximum absolute atomic E-state index is 12.5. The van der Waals surface area contributed by atoms with E-state index in [0.29, 0.717) is 17.0 Å². The summed E-state index contributed by atoms with van der Waals surface area (Å²) >= 11 is 0. The first-order chi connectivity index (χ1) is 17.5. The van der Waals surface area contributed by atoms with E-state index < -0.39 is 36.1 Å². The van der Waals surface area contributed by atoms with Crippen LogP contribution in [-0.2, 0) is 36.9 Å². The van der Waals surface area contributed by atoms with Crippen LogP contribution in [0, 0.1) is 5.41 Å². The number of hydrogen-bond donors (Lipinski definition) is 3. The van der Waals surface area contributed by atoms with Gasteiger partial charge in [-0.15, -0.1) is 0 Å². The number of aliphatic carboxylic acids is 1. The predicted molar refractivity (Wildman–Crippen MR) is 134 cm³/mol. The molecule has 10 nitrogen and oxygen atoms in total. The summed E-state index contributed by atoms with van der Waals surface area (Å²) in [5.74, 6) is -1.67. The maximum Gasteiger partial charge on any atom is 0.407 e. The Morgan fingerprint density at radius 1 is 1.08 bits per heavy atom. The van der Waals surface area contributed by atoms with Crippen molar-refractivity contribution >= 4 is 29.6 Å². The van der Waals surface area contributed by atoms with Gasteiger partial charge in [0.25, 0.3) is 5.91 Å². The molecule has 1 heterocycles. The maximum atomic E-state index is 12.5. The molecule has 0 fully saturated rings. The van der Waals surface area contributed by atoms with Crippen LogP contribution >= 0.6 is 0 Å². The molecule has 0 bridgehead atoms. The van der Waals surface area contributed by atoms with Crippen molar-refractivity contribution in [1.29, 1.82) is 0 Å². The third-order valence-corrected chi connectivity index (χ3v) is 5.38. The number of nitrogens with one attached hydrogen (secondary N) is 2. The number of carboxylic acids is 1. The first kappa shape index (κ1) is 27.5. The molecular weight excluding hydrogens is 480 g/mol. The van der Waals surface area contributed by atoms with Crippen LogP contribution < -0.4 is 15.4 Å². The molecule has 2 aromatic carbocycles. The van der Waals surface area contributed by atoms with Gasteiger partial charge in [0.2, 0.25) is 0 Å². The Hall–Kier alpha value is -4.08. The highest BCUT2D eigenvalue weighted by Gasteiger charge is 2.29. The Kier molecular flexibility index (Phi) is 9.10. The van der Waals surface area contributed by atoms with Crippen molar-refractivity contribution in [1.82, 2.24) is 5.32 Å². The van der Waals surface area contributed by atoms with Gasteiger partial charge in [-0.2, -0.15) is 0 Å². The Bertz CT molecular complexity index is 1130. The van der Waals surface area contributed by atoms with Gasteiger partial charge in [-0.1, -0.05) is 57.2 Å². The number of benzene rings is 2. The van der Waals surface area contributed by atoms with Gasteiger partial charge in [-0.3, -0.25) is 9.59 Å². The standard InChI is InChI=1S/C27H32N2O8/c1-27(2,3)16-36-26(34)29-20(25(32)33)14-18-9-10-21-19(13-18)28-24(31)22(37-21)11-12-23(30)35-15-17-7-5-4-6-8-17/h4-10,13,20,22H,11-12,14-16H2,1-3H3,(H,28,31)(H,29,34)(H,32,33)/t20-,22?/m0/s1. The van der Waals surface area contributed by atoms with E-state index in [-0.39, 0.29) is 37.9 Å². The summed E-state index contributed by atoms with van der Waals surface area (Å²) in [6, 6.07) is 12.9. The molecule has 1 aliphatic rings. The zero-order chi connectivity index (χ0) is 27.0. The van der Waals surface area contributed by atoms with Gasteiger partial charge in [0.1, 0.15) is 18.4 Å². The van der Waals surface area contributed by atoms with Crippen molar-refractivity contribution in [2.45, 2.75) is 58.8 Å². The Morgan fingerprint density at radius 3 is 2.49 bits per heavy atom. The molecule has 1 unspecified atom stereocenters. The van der Waals surface area contributed by atoms with E-state index in [1.54, 1.807) is 18.2 Å². The van der Waals surface area contributed by atoms with E-state index in [0.717, 1.165) is 5.56 Å². The fraction of sp³-hybridized carbons (Fsp3) is 0.407. The molecule has 2 atom stereocenters. The lowest BCUT2D eigenvalue weighted by Crippen LogP contribution is -2.43. The van der Waals surface area contributed by atoms with Crippen molar-refractivity contribution in [3.05, 3.63) is 59.7 Å². The molecule has 198 valence electrons. The van der Waals surface area contributed by atoms with E-state index in [1.165, 1.54) is 0 Å². The number of anilines is 1. The molecule has 0 radical (unpaired) electrons. The monoisotopic (exact) mass is 512 g/mol. The predicted octanol–water partition coefficient (Wildman–Crippen LogP) is 3.68. The summed E-state index contributed by atoms with van der Waals surface area (Å²) in [5.41, 5.74) is 1.56. The molecule has 0 spiro atoms. The van der Waals surface area contributed by atoms with Gasteiger partial charge in [0.05, 0.1) is 12.3 Å². The number of carbonyl (C=O) groups is 4. The average molecular weight is 513 g/mol. The highest BCUT2D eigenvalue weighted by Crippen LogP contribution is 2.32.